The predicted octanol–water partition coefficient (Wildman–Crippen LogP) is 4.69. The highest BCUT2D eigenvalue weighted by atomic mass is 32.2. The van der Waals surface area contributed by atoms with Crippen molar-refractivity contribution in [2.24, 2.45) is 0 Å². The zero-order chi connectivity index (χ0) is 17.8. The third-order valence-electron chi connectivity index (χ3n) is 3.24. The van der Waals surface area contributed by atoms with Crippen LogP contribution in [0.5, 0.6) is 5.75 Å². The lowest BCUT2D eigenvalue weighted by molar-refractivity contribution is 0.102. The summed E-state index contributed by atoms with van der Waals surface area (Å²) in [7, 11) is 0. The van der Waals surface area contributed by atoms with Crippen molar-refractivity contribution in [3.05, 3.63) is 57.9 Å². The van der Waals surface area contributed by atoms with Crippen LogP contribution in [0.4, 0.5) is 4.39 Å². The Bertz CT molecular complexity index is 861. The minimum absolute atomic E-state index is 0.0264. The van der Waals surface area contributed by atoms with Crippen molar-refractivity contribution < 1.29 is 18.3 Å². The molecule has 0 saturated heterocycles. The van der Waals surface area contributed by atoms with Crippen LogP contribution in [0.2, 0.25) is 0 Å². The second-order valence-electron chi connectivity index (χ2n) is 5.24. The van der Waals surface area contributed by atoms with E-state index in [-0.39, 0.29) is 17.4 Å². The van der Waals surface area contributed by atoms with Crippen LogP contribution in [0.25, 0.3) is 0 Å². The minimum atomic E-state index is -0.483. The van der Waals surface area contributed by atoms with Crippen molar-refractivity contribution in [1.29, 1.82) is 0 Å². The normalized spacial score (nSPS) is 12.1. The average Bonchev–Trinajstić information content (AvgIpc) is 3.24. The van der Waals surface area contributed by atoms with Gasteiger partial charge < -0.3 is 9.15 Å². The molecule has 0 unspecified atom stereocenters. The van der Waals surface area contributed by atoms with Gasteiger partial charge in [-0.05, 0) is 50.2 Å². The zero-order valence-electron chi connectivity index (χ0n) is 13.6. The van der Waals surface area contributed by atoms with Gasteiger partial charge in [0.2, 0.25) is 0 Å². The number of carbonyl (C=O) groups is 1. The van der Waals surface area contributed by atoms with Gasteiger partial charge in [-0.2, -0.15) is 0 Å². The first-order valence-electron chi connectivity index (χ1n) is 7.49. The number of nitrogens with zero attached hydrogens (tertiary/aromatic N) is 2. The van der Waals surface area contributed by atoms with Crippen molar-refractivity contribution in [2.75, 3.05) is 5.75 Å². The smallest absolute Gasteiger partial charge is 0.277 e. The van der Waals surface area contributed by atoms with Crippen molar-refractivity contribution in [3.63, 3.8) is 0 Å². The first-order valence-corrected chi connectivity index (χ1v) is 9.29. The summed E-state index contributed by atoms with van der Waals surface area (Å²) in [5, 5.41) is 8.17. The van der Waals surface area contributed by atoms with Gasteiger partial charge in [-0.15, -0.1) is 21.5 Å². The molecule has 0 aliphatic heterocycles. The molecule has 0 aliphatic rings. The third kappa shape index (κ3) is 4.67. The Hall–Kier alpha value is -2.19. The number of ketones is 1. The summed E-state index contributed by atoms with van der Waals surface area (Å²) in [6.45, 7) is 3.71. The van der Waals surface area contributed by atoms with E-state index in [0.29, 0.717) is 16.9 Å². The Kier molecular flexibility index (Phi) is 5.50. The zero-order valence-corrected chi connectivity index (χ0v) is 15.2. The van der Waals surface area contributed by atoms with Gasteiger partial charge in [-0.3, -0.25) is 4.79 Å². The molecule has 3 aromatic rings. The minimum Gasteiger partial charge on any atom is -0.481 e. The quantitative estimate of drug-likeness (QED) is 0.439. The van der Waals surface area contributed by atoms with Crippen LogP contribution in [0.3, 0.4) is 0 Å². The highest BCUT2D eigenvalue weighted by molar-refractivity contribution is 7.99. The standard InChI is InChI=1S/C17H15FN2O3S2/c1-10-3-8-15(25-10)14(21)9-24-17-20-19-16(23-17)11(2)22-13-6-4-12(18)5-7-13/h3-8,11H,9H2,1-2H3/t11-/m0/s1. The number of hydrogen-bond donors (Lipinski definition) is 0. The number of ether oxygens (including phenoxy) is 1. The molecule has 0 aliphatic carbocycles. The molecule has 1 atom stereocenters. The van der Waals surface area contributed by atoms with E-state index in [1.165, 1.54) is 47.4 Å². The Labute approximate surface area is 152 Å². The Morgan fingerprint density at radius 2 is 2.04 bits per heavy atom. The van der Waals surface area contributed by atoms with Crippen LogP contribution in [0, 0.1) is 12.7 Å². The van der Waals surface area contributed by atoms with Gasteiger partial charge in [-0.1, -0.05) is 11.8 Å². The molecule has 0 saturated carbocycles. The molecule has 3 rings (SSSR count). The molecule has 25 heavy (non-hydrogen) atoms. The number of thiophene rings is 1. The molecule has 2 aromatic heterocycles. The summed E-state index contributed by atoms with van der Waals surface area (Å²) >= 11 is 2.66. The van der Waals surface area contributed by atoms with E-state index in [0.717, 1.165) is 9.75 Å². The number of aromatic nitrogens is 2. The molecule has 0 bridgehead atoms. The van der Waals surface area contributed by atoms with Crippen LogP contribution >= 0.6 is 23.1 Å². The van der Waals surface area contributed by atoms with E-state index in [2.05, 4.69) is 10.2 Å². The molecule has 8 heteroatoms. The number of rotatable bonds is 7. The van der Waals surface area contributed by atoms with Gasteiger partial charge in [-0.25, -0.2) is 4.39 Å². The molecule has 2 heterocycles. The van der Waals surface area contributed by atoms with E-state index < -0.39 is 6.10 Å². The van der Waals surface area contributed by atoms with Gasteiger partial charge in [0.25, 0.3) is 11.1 Å². The Morgan fingerprint density at radius 3 is 2.72 bits per heavy atom. The summed E-state index contributed by atoms with van der Waals surface area (Å²) in [6.07, 6.45) is -0.483. The number of hydrogen-bond acceptors (Lipinski definition) is 7. The number of halogens is 1. The molecule has 0 amide bonds. The van der Waals surface area contributed by atoms with Crippen LogP contribution in [-0.4, -0.2) is 21.7 Å². The van der Waals surface area contributed by atoms with Gasteiger partial charge in [0.15, 0.2) is 11.9 Å². The second-order valence-corrected chi connectivity index (χ2v) is 7.46. The third-order valence-corrected chi connectivity index (χ3v) is 5.10. The molecule has 0 spiro atoms. The maximum atomic E-state index is 12.9. The molecule has 5 nitrogen and oxygen atoms in total. The largest absolute Gasteiger partial charge is 0.481 e. The Morgan fingerprint density at radius 1 is 1.28 bits per heavy atom. The van der Waals surface area contributed by atoms with Gasteiger partial charge >= 0.3 is 0 Å². The summed E-state index contributed by atoms with van der Waals surface area (Å²) in [5.74, 6) is 0.728. The van der Waals surface area contributed by atoms with Crippen molar-refractivity contribution in [2.45, 2.75) is 25.2 Å². The molecule has 0 fully saturated rings. The number of Topliss-reactive ketones (excluding diaryl/α,β-unsaturated/α-hetero) is 1. The van der Waals surface area contributed by atoms with E-state index in [4.69, 9.17) is 9.15 Å². The van der Waals surface area contributed by atoms with E-state index in [1.54, 1.807) is 6.92 Å². The molecule has 1 aromatic carbocycles. The van der Waals surface area contributed by atoms with Crippen molar-refractivity contribution >= 4 is 28.9 Å². The van der Waals surface area contributed by atoms with Crippen LogP contribution in [-0.2, 0) is 0 Å². The van der Waals surface area contributed by atoms with E-state index in [1.807, 2.05) is 19.1 Å². The van der Waals surface area contributed by atoms with Crippen LogP contribution in [0.15, 0.2) is 46.0 Å². The number of thioether (sulfide) groups is 1. The number of aryl methyl sites for hydroxylation is 1. The topological polar surface area (TPSA) is 65.2 Å². The van der Waals surface area contributed by atoms with Crippen molar-refractivity contribution in [3.8, 4) is 5.75 Å². The molecule has 0 N–H and O–H groups in total. The Balaban J connectivity index is 1.56. The summed E-state index contributed by atoms with van der Waals surface area (Å²) in [5.41, 5.74) is 0. The summed E-state index contributed by atoms with van der Waals surface area (Å²) < 4.78 is 24.1. The average molecular weight is 378 g/mol. The SMILES string of the molecule is Cc1ccc(C(=O)CSc2nnc([C@H](C)Oc3ccc(F)cc3)o2)s1. The van der Waals surface area contributed by atoms with Crippen LogP contribution < -0.4 is 4.74 Å². The summed E-state index contributed by atoms with van der Waals surface area (Å²) in [4.78, 5) is 13.9. The van der Waals surface area contributed by atoms with Gasteiger partial charge in [0.05, 0.1) is 10.6 Å². The lowest BCUT2D eigenvalue weighted by atomic mass is 10.3. The van der Waals surface area contributed by atoms with Gasteiger partial charge in [0, 0.05) is 4.88 Å². The highest BCUT2D eigenvalue weighted by Crippen LogP contribution is 2.25. The fraction of sp³-hybridized carbons (Fsp3) is 0.235. The lowest BCUT2D eigenvalue weighted by Gasteiger charge is -2.10. The monoisotopic (exact) mass is 378 g/mol. The molecule has 0 radical (unpaired) electrons. The maximum Gasteiger partial charge on any atom is 0.277 e. The van der Waals surface area contributed by atoms with Crippen molar-refractivity contribution in [1.82, 2.24) is 10.2 Å². The number of carbonyl (C=O) groups excluding carboxylic acids is 1. The summed E-state index contributed by atoms with van der Waals surface area (Å²) in [6, 6.07) is 9.42. The molecular weight excluding hydrogens is 363 g/mol. The first kappa shape index (κ1) is 17.6. The number of benzene rings is 1. The lowest BCUT2D eigenvalue weighted by Crippen LogP contribution is -2.03. The fourth-order valence-electron chi connectivity index (χ4n) is 1.99. The molecule has 130 valence electrons. The maximum absolute atomic E-state index is 12.9. The highest BCUT2D eigenvalue weighted by Gasteiger charge is 2.17. The van der Waals surface area contributed by atoms with E-state index >= 15 is 0 Å². The predicted molar refractivity (Wildman–Crippen MR) is 93.9 cm³/mol. The first-order chi connectivity index (χ1) is 12.0. The second kappa shape index (κ2) is 7.79. The molecular formula is C17H15FN2O3S2. The van der Waals surface area contributed by atoms with E-state index in [9.17, 15) is 9.18 Å². The van der Waals surface area contributed by atoms with Gasteiger partial charge in [0.1, 0.15) is 11.6 Å². The van der Waals surface area contributed by atoms with Crippen LogP contribution in [0.1, 0.15) is 33.5 Å². The fourth-order valence-corrected chi connectivity index (χ4v) is 3.54.